The highest BCUT2D eigenvalue weighted by Gasteiger charge is 2.54. The third kappa shape index (κ3) is 3.06. The van der Waals surface area contributed by atoms with Crippen LogP contribution in [0.1, 0.15) is 45.4 Å². The number of quaternary nitrogens is 1. The first-order chi connectivity index (χ1) is 11.5. The van der Waals surface area contributed by atoms with Crippen LogP contribution < -0.4 is 10.6 Å². The predicted octanol–water partition coefficient (Wildman–Crippen LogP) is 2.84. The van der Waals surface area contributed by atoms with Gasteiger partial charge < -0.3 is 10.6 Å². The highest BCUT2D eigenvalue weighted by Crippen LogP contribution is 2.60. The van der Waals surface area contributed by atoms with E-state index in [0.29, 0.717) is 28.8 Å². The van der Waals surface area contributed by atoms with Crippen LogP contribution in [-0.4, -0.2) is 23.5 Å². The lowest BCUT2D eigenvalue weighted by Crippen LogP contribution is -2.94. The third-order valence-corrected chi connectivity index (χ3v) is 7.04. The molecule has 0 radical (unpaired) electrons. The van der Waals surface area contributed by atoms with Crippen LogP contribution in [0.2, 0.25) is 5.15 Å². The summed E-state index contributed by atoms with van der Waals surface area (Å²) in [5.41, 5.74) is 1.07. The van der Waals surface area contributed by atoms with Gasteiger partial charge in [-0.15, -0.1) is 0 Å². The lowest BCUT2D eigenvalue weighted by Gasteiger charge is -2.57. The minimum absolute atomic E-state index is 0.00137. The molecule has 4 fully saturated rings. The number of halogens is 1. The molecule has 1 atom stereocenters. The van der Waals surface area contributed by atoms with Gasteiger partial charge >= 0.3 is 0 Å². The van der Waals surface area contributed by atoms with Crippen molar-refractivity contribution in [1.82, 2.24) is 4.98 Å². The summed E-state index contributed by atoms with van der Waals surface area (Å²) in [4.78, 5) is 16.3. The first-order valence-electron chi connectivity index (χ1n) is 9.28. The number of hydrogen-bond acceptors (Lipinski definition) is 2. The van der Waals surface area contributed by atoms with Crippen LogP contribution in [-0.2, 0) is 4.79 Å². The van der Waals surface area contributed by atoms with Gasteiger partial charge in [0.05, 0.1) is 11.7 Å². The largest absolute Gasteiger partial charge is 0.336 e. The maximum absolute atomic E-state index is 12.3. The van der Waals surface area contributed by atoms with Crippen LogP contribution in [0, 0.1) is 23.2 Å². The number of nitrogens with zero attached hydrogens (tertiary/aromatic N) is 1. The molecule has 130 valence electrons. The normalized spacial score (nSPS) is 35.0. The molecular formula is C19H27ClN3O+. The quantitative estimate of drug-likeness (QED) is 0.804. The number of hydrogen-bond donors (Lipinski definition) is 2. The number of pyridine rings is 1. The molecule has 0 spiro atoms. The summed E-state index contributed by atoms with van der Waals surface area (Å²) < 4.78 is 0. The Labute approximate surface area is 148 Å². The highest BCUT2D eigenvalue weighted by atomic mass is 35.5. The zero-order valence-electron chi connectivity index (χ0n) is 14.3. The molecule has 4 aliphatic rings. The minimum Gasteiger partial charge on any atom is -0.336 e. The maximum Gasteiger partial charge on any atom is 0.279 e. The summed E-state index contributed by atoms with van der Waals surface area (Å²) in [7, 11) is 0. The summed E-state index contributed by atoms with van der Waals surface area (Å²) in [5, 5.41) is 5.46. The molecule has 1 aromatic rings. The van der Waals surface area contributed by atoms with E-state index in [-0.39, 0.29) is 5.91 Å². The number of rotatable bonds is 5. The molecule has 1 aromatic heterocycles. The number of nitrogens with one attached hydrogen (secondary N) is 1. The van der Waals surface area contributed by atoms with Crippen LogP contribution in [0.4, 0.5) is 5.69 Å². The van der Waals surface area contributed by atoms with Crippen LogP contribution in [0.25, 0.3) is 0 Å². The number of amides is 1. The van der Waals surface area contributed by atoms with E-state index >= 15 is 0 Å². The van der Waals surface area contributed by atoms with Gasteiger partial charge in [-0.1, -0.05) is 11.6 Å². The number of carbonyl (C=O) groups excluding carboxylic acids is 1. The molecule has 4 bridgehead atoms. The summed E-state index contributed by atoms with van der Waals surface area (Å²) in [6, 6.07) is 4.08. The molecule has 4 nitrogen and oxygen atoms in total. The van der Waals surface area contributed by atoms with Crippen molar-refractivity contribution in [2.24, 2.45) is 23.2 Å². The van der Waals surface area contributed by atoms with E-state index in [1.165, 1.54) is 38.5 Å². The zero-order valence-corrected chi connectivity index (χ0v) is 15.1. The number of carbonyl (C=O) groups is 1. The second-order valence-electron chi connectivity index (χ2n) is 8.40. The minimum atomic E-state index is 0.00137. The zero-order chi connectivity index (χ0) is 16.7. The van der Waals surface area contributed by atoms with Crippen LogP contribution in [0.3, 0.4) is 0 Å². The smallest absolute Gasteiger partial charge is 0.279 e. The Balaban J connectivity index is 1.34. The lowest BCUT2D eigenvalue weighted by atomic mass is 9.48. The Morgan fingerprint density at radius 1 is 1.33 bits per heavy atom. The number of nitrogens with two attached hydrogens (primary N) is 1. The predicted molar refractivity (Wildman–Crippen MR) is 94.7 cm³/mol. The summed E-state index contributed by atoms with van der Waals surface area (Å²) in [5.74, 6) is 2.86. The fourth-order valence-electron chi connectivity index (χ4n) is 5.95. The topological polar surface area (TPSA) is 58.6 Å². The highest BCUT2D eigenvalue weighted by molar-refractivity contribution is 6.32. The van der Waals surface area contributed by atoms with Crippen LogP contribution >= 0.6 is 11.6 Å². The first-order valence-corrected chi connectivity index (χ1v) is 9.65. The molecule has 4 aliphatic carbocycles. The molecule has 5 heteroatoms. The Morgan fingerprint density at radius 2 is 1.96 bits per heavy atom. The second kappa shape index (κ2) is 6.30. The fraction of sp³-hybridized carbons (Fsp3) is 0.684. The van der Waals surface area contributed by atoms with Gasteiger partial charge in [0.2, 0.25) is 0 Å². The molecule has 3 N–H and O–H groups in total. The van der Waals surface area contributed by atoms with Gasteiger partial charge in [0, 0.05) is 11.6 Å². The van der Waals surface area contributed by atoms with Gasteiger partial charge in [0.15, 0.2) is 11.7 Å². The van der Waals surface area contributed by atoms with E-state index in [1.54, 1.807) is 18.3 Å². The van der Waals surface area contributed by atoms with Gasteiger partial charge in [-0.2, -0.15) is 0 Å². The van der Waals surface area contributed by atoms with Crippen molar-refractivity contribution in [2.45, 2.75) is 51.5 Å². The fourth-order valence-corrected chi connectivity index (χ4v) is 6.12. The van der Waals surface area contributed by atoms with E-state index in [1.807, 2.05) is 0 Å². The van der Waals surface area contributed by atoms with Crippen molar-refractivity contribution in [3.05, 3.63) is 23.5 Å². The van der Waals surface area contributed by atoms with Crippen LogP contribution in [0.15, 0.2) is 18.3 Å². The Bertz CT molecular complexity index is 598. The van der Waals surface area contributed by atoms with Crippen molar-refractivity contribution in [1.29, 1.82) is 0 Å². The van der Waals surface area contributed by atoms with Gasteiger partial charge in [0.1, 0.15) is 0 Å². The van der Waals surface area contributed by atoms with Gasteiger partial charge in [-0.05, 0) is 75.3 Å². The van der Waals surface area contributed by atoms with Gasteiger partial charge in [-0.25, -0.2) is 4.98 Å². The SMILES string of the molecule is C[C@@H]([NH2+]CC(=O)Nc1cccnc1Cl)C12CC3CC(CC(C3)C1)C2. The average Bonchev–Trinajstić information content (AvgIpc) is 2.53. The molecule has 0 aliphatic heterocycles. The lowest BCUT2D eigenvalue weighted by molar-refractivity contribution is -0.692. The molecule has 1 amide bonds. The Kier molecular flexibility index (Phi) is 4.29. The van der Waals surface area contributed by atoms with Crippen molar-refractivity contribution in [3.63, 3.8) is 0 Å². The van der Waals surface area contributed by atoms with Crippen LogP contribution in [0.5, 0.6) is 0 Å². The number of aromatic nitrogens is 1. The van der Waals surface area contributed by atoms with E-state index in [4.69, 9.17) is 11.6 Å². The third-order valence-electron chi connectivity index (χ3n) is 6.74. The molecule has 24 heavy (non-hydrogen) atoms. The molecule has 5 rings (SSSR count). The Hall–Kier alpha value is -1.13. The molecule has 0 unspecified atom stereocenters. The van der Waals surface area contributed by atoms with Crippen molar-refractivity contribution in [2.75, 3.05) is 11.9 Å². The number of anilines is 1. The van der Waals surface area contributed by atoms with E-state index in [0.717, 1.165) is 17.8 Å². The van der Waals surface area contributed by atoms with Crippen molar-refractivity contribution in [3.8, 4) is 0 Å². The van der Waals surface area contributed by atoms with Crippen molar-refractivity contribution >= 4 is 23.2 Å². The summed E-state index contributed by atoms with van der Waals surface area (Å²) in [6.07, 6.45) is 10.2. The van der Waals surface area contributed by atoms with Crippen molar-refractivity contribution < 1.29 is 10.1 Å². The molecule has 0 aromatic carbocycles. The van der Waals surface area contributed by atoms with E-state index in [2.05, 4.69) is 22.5 Å². The summed E-state index contributed by atoms with van der Waals surface area (Å²) in [6.45, 7) is 2.78. The molecule has 4 saturated carbocycles. The maximum atomic E-state index is 12.3. The molecule has 1 heterocycles. The standard InChI is InChI=1S/C19H26ClN3O/c1-12(19-8-13-5-14(9-19)7-15(6-13)10-19)22-11-17(24)23-16-3-2-4-21-18(16)20/h2-4,12-15,22H,5-11H2,1H3,(H,23,24)/p+1/t12-,13?,14?,15?,19?/m1/s1. The Morgan fingerprint density at radius 3 is 2.54 bits per heavy atom. The first kappa shape index (κ1) is 16.3. The second-order valence-corrected chi connectivity index (χ2v) is 8.76. The van der Waals surface area contributed by atoms with Gasteiger partial charge in [-0.3, -0.25) is 4.79 Å². The average molecular weight is 349 g/mol. The van der Waals surface area contributed by atoms with E-state index < -0.39 is 0 Å². The monoisotopic (exact) mass is 348 g/mol. The molecule has 0 saturated heterocycles. The van der Waals surface area contributed by atoms with Gasteiger partial charge in [0.25, 0.3) is 5.91 Å². The van der Waals surface area contributed by atoms with E-state index in [9.17, 15) is 4.79 Å². The summed E-state index contributed by atoms with van der Waals surface area (Å²) >= 11 is 6.01. The molecular weight excluding hydrogens is 322 g/mol.